The number of aryl methyl sites for hydroxylation is 1. The molecule has 3 aromatic rings. The molecule has 0 unspecified atom stereocenters. The van der Waals surface area contributed by atoms with E-state index in [0.717, 1.165) is 35.9 Å². The SMILES string of the molecule is CCn1cc(C=C2Oc3cc(OC(=O)C4CC4)ccc3C2=O)c2ccccc21. The normalized spacial score (nSPS) is 17.0. The lowest BCUT2D eigenvalue weighted by molar-refractivity contribution is -0.135. The van der Waals surface area contributed by atoms with E-state index in [0.29, 0.717) is 17.1 Å². The molecule has 0 N–H and O–H groups in total. The molecule has 0 radical (unpaired) electrons. The van der Waals surface area contributed by atoms with Crippen LogP contribution >= 0.6 is 0 Å². The Morgan fingerprint density at radius 2 is 2.07 bits per heavy atom. The quantitative estimate of drug-likeness (QED) is 0.381. The summed E-state index contributed by atoms with van der Waals surface area (Å²) < 4.78 is 13.3. The number of Topliss-reactive ketones (excluding diaryl/α,β-unsaturated/α-hetero) is 1. The Bertz CT molecular complexity index is 1150. The van der Waals surface area contributed by atoms with Crippen LogP contribution in [-0.2, 0) is 11.3 Å². The standard InChI is InChI=1S/C23H19NO4/c1-2-24-13-15(17-5-3-4-6-19(17)24)11-21-22(25)18-10-9-16(12-20(18)28-21)27-23(26)14-7-8-14/h3-6,9-14H,2,7-8H2,1H3. The van der Waals surface area contributed by atoms with Gasteiger partial charge in [0.1, 0.15) is 11.5 Å². The summed E-state index contributed by atoms with van der Waals surface area (Å²) in [4.78, 5) is 24.6. The van der Waals surface area contributed by atoms with E-state index >= 15 is 0 Å². The zero-order chi connectivity index (χ0) is 19.3. The maximum atomic E-state index is 12.8. The number of hydrogen-bond acceptors (Lipinski definition) is 4. The number of aromatic nitrogens is 1. The third-order valence-electron chi connectivity index (χ3n) is 5.22. The van der Waals surface area contributed by atoms with Crippen molar-refractivity contribution in [1.82, 2.24) is 4.57 Å². The summed E-state index contributed by atoms with van der Waals surface area (Å²) in [5, 5.41) is 1.07. The molecule has 2 aromatic carbocycles. The molecule has 0 spiro atoms. The number of allylic oxidation sites excluding steroid dienone is 1. The minimum Gasteiger partial charge on any atom is -0.452 e. The van der Waals surface area contributed by atoms with Gasteiger partial charge in [-0.25, -0.2) is 0 Å². The number of rotatable bonds is 4. The molecule has 1 fully saturated rings. The molecule has 5 heteroatoms. The summed E-state index contributed by atoms with van der Waals surface area (Å²) in [6.45, 7) is 2.93. The molecule has 2 aliphatic rings. The highest BCUT2D eigenvalue weighted by Crippen LogP contribution is 2.37. The molecule has 0 bridgehead atoms. The average Bonchev–Trinajstić information content (AvgIpc) is 3.44. The number of carbonyl (C=O) groups excluding carboxylic acids is 2. The van der Waals surface area contributed by atoms with Gasteiger partial charge in [0.25, 0.3) is 0 Å². The Hall–Kier alpha value is -3.34. The number of nitrogens with zero attached hydrogens (tertiary/aromatic N) is 1. The molecule has 1 aromatic heterocycles. The first-order chi connectivity index (χ1) is 13.6. The highest BCUT2D eigenvalue weighted by molar-refractivity contribution is 6.15. The second kappa shape index (κ2) is 6.37. The first kappa shape index (κ1) is 16.8. The number of esters is 1. The molecule has 1 saturated carbocycles. The smallest absolute Gasteiger partial charge is 0.314 e. The van der Waals surface area contributed by atoms with Crippen LogP contribution in [0.1, 0.15) is 35.7 Å². The van der Waals surface area contributed by atoms with Gasteiger partial charge in [-0.15, -0.1) is 0 Å². The van der Waals surface area contributed by atoms with E-state index in [1.807, 2.05) is 24.4 Å². The van der Waals surface area contributed by atoms with Crippen LogP contribution in [-0.4, -0.2) is 16.3 Å². The highest BCUT2D eigenvalue weighted by atomic mass is 16.5. The van der Waals surface area contributed by atoms with Crippen molar-refractivity contribution in [3.63, 3.8) is 0 Å². The van der Waals surface area contributed by atoms with Gasteiger partial charge in [0.2, 0.25) is 5.78 Å². The van der Waals surface area contributed by atoms with Crippen LogP contribution in [0.25, 0.3) is 17.0 Å². The molecular weight excluding hydrogens is 354 g/mol. The lowest BCUT2D eigenvalue weighted by atomic mass is 10.1. The minimum atomic E-state index is -0.215. The molecule has 0 saturated heterocycles. The predicted octanol–water partition coefficient (Wildman–Crippen LogP) is 4.59. The summed E-state index contributed by atoms with van der Waals surface area (Å²) in [5.41, 5.74) is 2.54. The zero-order valence-electron chi connectivity index (χ0n) is 15.5. The summed E-state index contributed by atoms with van der Waals surface area (Å²) in [6, 6.07) is 13.0. The maximum absolute atomic E-state index is 12.8. The number of carbonyl (C=O) groups is 2. The van der Waals surface area contributed by atoms with Crippen LogP contribution in [0.15, 0.2) is 54.4 Å². The van der Waals surface area contributed by atoms with Crippen molar-refractivity contribution < 1.29 is 19.1 Å². The van der Waals surface area contributed by atoms with Crippen molar-refractivity contribution in [2.45, 2.75) is 26.3 Å². The minimum absolute atomic E-state index is 0.0159. The molecule has 1 aliphatic heterocycles. The van der Waals surface area contributed by atoms with E-state index in [1.54, 1.807) is 24.3 Å². The van der Waals surface area contributed by atoms with Crippen molar-refractivity contribution in [2.24, 2.45) is 5.92 Å². The fraction of sp³-hybridized carbons (Fsp3) is 0.217. The topological polar surface area (TPSA) is 57.5 Å². The van der Waals surface area contributed by atoms with Gasteiger partial charge in [0, 0.05) is 35.3 Å². The molecule has 0 amide bonds. The second-order valence-corrected chi connectivity index (χ2v) is 7.18. The Kier molecular flexibility index (Phi) is 3.83. The van der Waals surface area contributed by atoms with Crippen LogP contribution < -0.4 is 9.47 Å². The van der Waals surface area contributed by atoms with Crippen molar-refractivity contribution in [1.29, 1.82) is 0 Å². The van der Waals surface area contributed by atoms with E-state index in [1.165, 1.54) is 0 Å². The molecule has 28 heavy (non-hydrogen) atoms. The first-order valence-electron chi connectivity index (χ1n) is 9.52. The molecular formula is C23H19NO4. The van der Waals surface area contributed by atoms with Crippen LogP contribution in [0.5, 0.6) is 11.5 Å². The van der Waals surface area contributed by atoms with Gasteiger partial charge >= 0.3 is 5.97 Å². The van der Waals surface area contributed by atoms with Crippen LogP contribution in [0.4, 0.5) is 0 Å². The molecule has 2 heterocycles. The molecule has 140 valence electrons. The number of hydrogen-bond donors (Lipinski definition) is 0. The average molecular weight is 373 g/mol. The largest absolute Gasteiger partial charge is 0.452 e. The van der Waals surface area contributed by atoms with E-state index < -0.39 is 0 Å². The van der Waals surface area contributed by atoms with Crippen molar-refractivity contribution in [2.75, 3.05) is 0 Å². The van der Waals surface area contributed by atoms with Crippen LogP contribution in [0, 0.1) is 5.92 Å². The van der Waals surface area contributed by atoms with Gasteiger partial charge in [0.15, 0.2) is 5.76 Å². The van der Waals surface area contributed by atoms with Crippen molar-refractivity contribution >= 4 is 28.7 Å². The third-order valence-corrected chi connectivity index (χ3v) is 5.22. The number of benzene rings is 2. The number of ketones is 1. The molecule has 0 atom stereocenters. The fourth-order valence-corrected chi connectivity index (χ4v) is 3.54. The Balaban J connectivity index is 1.47. The van der Waals surface area contributed by atoms with Gasteiger partial charge in [-0.05, 0) is 44.0 Å². The number of fused-ring (bicyclic) bond motifs is 2. The Morgan fingerprint density at radius 1 is 1.25 bits per heavy atom. The van der Waals surface area contributed by atoms with E-state index in [4.69, 9.17) is 9.47 Å². The summed E-state index contributed by atoms with van der Waals surface area (Å²) in [7, 11) is 0. The van der Waals surface area contributed by atoms with Crippen LogP contribution in [0.2, 0.25) is 0 Å². The Morgan fingerprint density at radius 3 is 2.86 bits per heavy atom. The van der Waals surface area contributed by atoms with Gasteiger partial charge in [-0.3, -0.25) is 9.59 Å². The summed E-state index contributed by atoms with van der Waals surface area (Å²) >= 11 is 0. The highest BCUT2D eigenvalue weighted by Gasteiger charge is 2.33. The fourth-order valence-electron chi connectivity index (χ4n) is 3.54. The van der Waals surface area contributed by atoms with Gasteiger partial charge in [-0.2, -0.15) is 0 Å². The van der Waals surface area contributed by atoms with E-state index in [9.17, 15) is 9.59 Å². The molecule has 1 aliphatic carbocycles. The first-order valence-corrected chi connectivity index (χ1v) is 9.52. The lowest BCUT2D eigenvalue weighted by Gasteiger charge is -2.04. The molecule has 5 rings (SSSR count). The molecule has 5 nitrogen and oxygen atoms in total. The van der Waals surface area contributed by atoms with E-state index in [-0.39, 0.29) is 23.4 Å². The van der Waals surface area contributed by atoms with Gasteiger partial charge in [-0.1, -0.05) is 18.2 Å². The van der Waals surface area contributed by atoms with Gasteiger partial charge in [0.05, 0.1) is 11.5 Å². The van der Waals surface area contributed by atoms with Gasteiger partial charge < -0.3 is 14.0 Å². The van der Waals surface area contributed by atoms with Crippen LogP contribution in [0.3, 0.4) is 0 Å². The summed E-state index contributed by atoms with van der Waals surface area (Å²) in [5.74, 6) is 0.751. The monoisotopic (exact) mass is 373 g/mol. The van der Waals surface area contributed by atoms with Crippen molar-refractivity contribution in [3.8, 4) is 11.5 Å². The number of para-hydroxylation sites is 1. The van der Waals surface area contributed by atoms with Crippen molar-refractivity contribution in [3.05, 3.63) is 65.5 Å². The Labute approximate surface area is 162 Å². The summed E-state index contributed by atoms with van der Waals surface area (Å²) in [6.07, 6.45) is 5.58. The maximum Gasteiger partial charge on any atom is 0.314 e. The third kappa shape index (κ3) is 2.80. The lowest BCUT2D eigenvalue weighted by Crippen LogP contribution is -2.09. The van der Waals surface area contributed by atoms with E-state index in [2.05, 4.69) is 17.6 Å². The second-order valence-electron chi connectivity index (χ2n) is 7.18. The predicted molar refractivity (Wildman–Crippen MR) is 105 cm³/mol. The number of ether oxygens (including phenoxy) is 2. The zero-order valence-corrected chi connectivity index (χ0v) is 15.5.